The molecular formula is C27H26N2O6. The number of fused-ring (bicyclic) bond motifs is 5. The van der Waals surface area contributed by atoms with Gasteiger partial charge in [-0.05, 0) is 50.3 Å². The summed E-state index contributed by atoms with van der Waals surface area (Å²) in [5, 5.41) is 11.1. The van der Waals surface area contributed by atoms with E-state index in [2.05, 4.69) is 0 Å². The molecule has 6 rings (SSSR count). The first-order chi connectivity index (χ1) is 16.9. The second-order valence-corrected chi connectivity index (χ2v) is 9.72. The zero-order chi connectivity index (χ0) is 24.4. The van der Waals surface area contributed by atoms with Gasteiger partial charge < -0.3 is 19.1 Å². The van der Waals surface area contributed by atoms with Crippen LogP contribution in [0, 0.1) is 0 Å². The van der Waals surface area contributed by atoms with Gasteiger partial charge in [0.25, 0.3) is 5.56 Å². The van der Waals surface area contributed by atoms with Gasteiger partial charge in [0.2, 0.25) is 0 Å². The number of carbonyl (C=O) groups excluding carboxylic acids is 1. The molecule has 35 heavy (non-hydrogen) atoms. The van der Waals surface area contributed by atoms with E-state index in [4.69, 9.17) is 14.5 Å². The van der Waals surface area contributed by atoms with Gasteiger partial charge in [0.05, 0.1) is 29.0 Å². The highest BCUT2D eigenvalue weighted by atomic mass is 16.6. The standard InChI is InChI=1S/C27H26N2O6/c1-2-27(35-26(24(31)32)10-6-3-7-11-26)19-13-21-22-17(12-16-8-4-5-9-20(16)28-22)14-29(21)23(30)18(19)15-34-25(27)33/h4-5,8-9,12-13H,2-3,6-7,10-11,14-15H2,1H3,(H,31,32)/t27-/m0/s1. The van der Waals surface area contributed by atoms with Gasteiger partial charge >= 0.3 is 11.9 Å². The maximum Gasteiger partial charge on any atom is 0.343 e. The van der Waals surface area contributed by atoms with Gasteiger partial charge in [-0.1, -0.05) is 31.5 Å². The van der Waals surface area contributed by atoms with Crippen LogP contribution >= 0.6 is 0 Å². The lowest BCUT2D eigenvalue weighted by molar-refractivity contribution is -0.222. The molecule has 1 N–H and O–H groups in total. The Bertz CT molecular complexity index is 1450. The molecule has 0 unspecified atom stereocenters. The van der Waals surface area contributed by atoms with Crippen molar-refractivity contribution >= 4 is 22.8 Å². The molecule has 1 aliphatic carbocycles. The second kappa shape index (κ2) is 7.75. The third kappa shape index (κ3) is 3.09. The molecule has 2 aliphatic heterocycles. The molecule has 0 spiro atoms. The van der Waals surface area contributed by atoms with Crippen molar-refractivity contribution in [2.24, 2.45) is 0 Å². The van der Waals surface area contributed by atoms with Gasteiger partial charge in [-0.3, -0.25) is 4.79 Å². The number of hydrogen-bond acceptors (Lipinski definition) is 6. The molecule has 8 heteroatoms. The molecule has 0 saturated heterocycles. The number of hydrogen-bond donors (Lipinski definition) is 1. The Hall–Kier alpha value is -3.52. The summed E-state index contributed by atoms with van der Waals surface area (Å²) >= 11 is 0. The molecule has 8 nitrogen and oxygen atoms in total. The average molecular weight is 475 g/mol. The predicted octanol–water partition coefficient (Wildman–Crippen LogP) is 3.89. The van der Waals surface area contributed by atoms with Gasteiger partial charge in [0.15, 0.2) is 11.2 Å². The fourth-order valence-corrected chi connectivity index (χ4v) is 5.90. The van der Waals surface area contributed by atoms with Crippen LogP contribution in [0.1, 0.15) is 62.1 Å². The summed E-state index contributed by atoms with van der Waals surface area (Å²) in [5.41, 5.74) is 0.354. The second-order valence-electron chi connectivity index (χ2n) is 9.72. The normalized spacial score (nSPS) is 22.3. The molecule has 1 saturated carbocycles. The minimum atomic E-state index is -1.67. The Morgan fingerprint density at radius 3 is 2.69 bits per heavy atom. The summed E-state index contributed by atoms with van der Waals surface area (Å²) in [4.78, 5) is 44.2. The monoisotopic (exact) mass is 474 g/mol. The van der Waals surface area contributed by atoms with Crippen molar-refractivity contribution in [3.8, 4) is 11.4 Å². The summed E-state index contributed by atoms with van der Waals surface area (Å²) in [7, 11) is 0. The third-order valence-electron chi connectivity index (χ3n) is 7.81. The number of rotatable bonds is 4. The molecule has 180 valence electrons. The van der Waals surface area contributed by atoms with Crippen LogP contribution in [0.25, 0.3) is 22.3 Å². The number of esters is 1. The molecule has 0 amide bonds. The van der Waals surface area contributed by atoms with Crippen LogP contribution in [0.2, 0.25) is 0 Å². The lowest BCUT2D eigenvalue weighted by atomic mass is 9.80. The molecule has 0 bridgehead atoms. The van der Waals surface area contributed by atoms with E-state index in [-0.39, 0.29) is 18.6 Å². The van der Waals surface area contributed by atoms with Gasteiger partial charge in [0.1, 0.15) is 6.61 Å². The zero-order valence-corrected chi connectivity index (χ0v) is 19.5. The minimum Gasteiger partial charge on any atom is -0.479 e. The number of carboxylic acids is 1. The lowest BCUT2D eigenvalue weighted by Crippen LogP contribution is -2.55. The first kappa shape index (κ1) is 22.0. The number of pyridine rings is 2. The number of para-hydroxylation sites is 1. The van der Waals surface area contributed by atoms with E-state index in [1.807, 2.05) is 30.3 Å². The van der Waals surface area contributed by atoms with Crippen LogP contribution in [0.15, 0.2) is 41.2 Å². The summed E-state index contributed by atoms with van der Waals surface area (Å²) < 4.78 is 13.5. The van der Waals surface area contributed by atoms with E-state index in [0.717, 1.165) is 22.9 Å². The first-order valence-corrected chi connectivity index (χ1v) is 12.2. The minimum absolute atomic E-state index is 0.148. The van der Waals surface area contributed by atoms with Crippen LogP contribution in [0.5, 0.6) is 0 Å². The Kier molecular flexibility index (Phi) is 4.86. The van der Waals surface area contributed by atoms with Crippen molar-refractivity contribution < 1.29 is 24.2 Å². The van der Waals surface area contributed by atoms with Crippen LogP contribution in [0.4, 0.5) is 0 Å². The lowest BCUT2D eigenvalue weighted by Gasteiger charge is -2.44. The average Bonchev–Trinajstić information content (AvgIpc) is 3.23. The maximum atomic E-state index is 13.7. The smallest absolute Gasteiger partial charge is 0.343 e. The van der Waals surface area contributed by atoms with E-state index in [9.17, 15) is 19.5 Å². The van der Waals surface area contributed by atoms with Crippen LogP contribution in [0.3, 0.4) is 0 Å². The van der Waals surface area contributed by atoms with Gasteiger partial charge in [-0.15, -0.1) is 0 Å². The Labute approximate surface area is 201 Å². The number of carbonyl (C=O) groups is 2. The molecule has 4 heterocycles. The molecule has 3 aromatic rings. The largest absolute Gasteiger partial charge is 0.479 e. The number of carboxylic acid groups (broad SMARTS) is 1. The van der Waals surface area contributed by atoms with Crippen LogP contribution < -0.4 is 5.56 Å². The summed E-state index contributed by atoms with van der Waals surface area (Å²) in [5.74, 6) is -1.73. The molecule has 2 aromatic heterocycles. The summed E-state index contributed by atoms with van der Waals surface area (Å²) in [6.45, 7) is 1.98. The quantitative estimate of drug-likeness (QED) is 0.447. The Balaban J connectivity index is 1.56. The van der Waals surface area contributed by atoms with E-state index < -0.39 is 23.1 Å². The molecule has 1 atom stereocenters. The third-order valence-corrected chi connectivity index (χ3v) is 7.81. The Morgan fingerprint density at radius 2 is 1.94 bits per heavy atom. The van der Waals surface area contributed by atoms with E-state index in [0.29, 0.717) is 54.7 Å². The topological polar surface area (TPSA) is 108 Å². The van der Waals surface area contributed by atoms with Crippen molar-refractivity contribution in [3.05, 3.63) is 63.4 Å². The van der Waals surface area contributed by atoms with Crippen molar-refractivity contribution in [2.45, 2.75) is 69.8 Å². The molecule has 1 fully saturated rings. The molecular weight excluding hydrogens is 448 g/mol. The number of cyclic esters (lactones) is 1. The first-order valence-electron chi connectivity index (χ1n) is 12.2. The number of aromatic nitrogens is 2. The number of benzene rings is 1. The summed E-state index contributed by atoms with van der Waals surface area (Å²) in [6.07, 6.45) is 3.09. The van der Waals surface area contributed by atoms with Gasteiger partial charge in [0, 0.05) is 16.5 Å². The van der Waals surface area contributed by atoms with E-state index in [1.165, 1.54) is 0 Å². The van der Waals surface area contributed by atoms with Crippen molar-refractivity contribution in [3.63, 3.8) is 0 Å². The van der Waals surface area contributed by atoms with E-state index >= 15 is 0 Å². The van der Waals surface area contributed by atoms with Crippen LogP contribution in [-0.2, 0) is 37.8 Å². The molecule has 0 radical (unpaired) electrons. The highest BCUT2D eigenvalue weighted by Crippen LogP contribution is 2.46. The Morgan fingerprint density at radius 1 is 1.17 bits per heavy atom. The number of aliphatic carboxylic acids is 1. The van der Waals surface area contributed by atoms with Crippen molar-refractivity contribution in [1.29, 1.82) is 0 Å². The number of nitrogens with zero attached hydrogens (tertiary/aromatic N) is 2. The highest BCUT2D eigenvalue weighted by Gasteiger charge is 2.55. The van der Waals surface area contributed by atoms with Crippen molar-refractivity contribution in [2.75, 3.05) is 0 Å². The summed E-state index contributed by atoms with van der Waals surface area (Å²) in [6, 6.07) is 11.6. The molecule has 1 aromatic carbocycles. The van der Waals surface area contributed by atoms with E-state index in [1.54, 1.807) is 17.6 Å². The predicted molar refractivity (Wildman–Crippen MR) is 127 cm³/mol. The fourth-order valence-electron chi connectivity index (χ4n) is 5.90. The van der Waals surface area contributed by atoms with Gasteiger partial charge in [-0.2, -0.15) is 0 Å². The highest BCUT2D eigenvalue weighted by molar-refractivity contribution is 5.87. The fraction of sp³-hybridized carbons (Fsp3) is 0.407. The van der Waals surface area contributed by atoms with Crippen LogP contribution in [-0.4, -0.2) is 32.2 Å². The maximum absolute atomic E-state index is 13.7. The van der Waals surface area contributed by atoms with Gasteiger partial charge in [-0.25, -0.2) is 14.6 Å². The molecule has 3 aliphatic rings. The SMILES string of the molecule is CC[C@@]1(OC2(C(=O)O)CCCCC2)C(=O)OCc2c1cc1n(c2=O)Cc2cc3ccccc3nc2-1. The zero-order valence-electron chi connectivity index (χ0n) is 19.5. The number of ether oxygens (including phenoxy) is 2. The van der Waals surface area contributed by atoms with Crippen molar-refractivity contribution in [1.82, 2.24) is 9.55 Å².